The standard InChI is InChI=1S/C24H21FN2O3/c1-2-28-24-13-18(15-27-30-17-21-8-4-3-7-20(21)14-26)10-11-23(24)29-16-19-6-5-9-22(25)12-19/h3-13,15H,2,16-17H2,1H3/b27-15-. The maximum atomic E-state index is 13.3. The van der Waals surface area contributed by atoms with Crippen molar-refractivity contribution in [3.63, 3.8) is 0 Å². The Labute approximate surface area is 174 Å². The summed E-state index contributed by atoms with van der Waals surface area (Å²) in [6.45, 7) is 2.78. The number of ether oxygens (including phenoxy) is 2. The zero-order valence-electron chi connectivity index (χ0n) is 16.5. The largest absolute Gasteiger partial charge is 0.490 e. The summed E-state index contributed by atoms with van der Waals surface area (Å²) in [6, 6.07) is 21.0. The third-order valence-electron chi connectivity index (χ3n) is 4.19. The monoisotopic (exact) mass is 404 g/mol. The number of benzene rings is 3. The molecule has 0 saturated heterocycles. The van der Waals surface area contributed by atoms with Crippen LogP contribution in [0.3, 0.4) is 0 Å². The topological polar surface area (TPSA) is 63.8 Å². The summed E-state index contributed by atoms with van der Waals surface area (Å²) in [6.07, 6.45) is 1.56. The molecule has 3 aromatic rings. The van der Waals surface area contributed by atoms with Crippen LogP contribution in [0.2, 0.25) is 0 Å². The van der Waals surface area contributed by atoms with E-state index in [-0.39, 0.29) is 19.0 Å². The molecule has 0 bridgehead atoms. The van der Waals surface area contributed by atoms with Gasteiger partial charge in [-0.25, -0.2) is 4.39 Å². The smallest absolute Gasteiger partial charge is 0.161 e. The van der Waals surface area contributed by atoms with Gasteiger partial charge < -0.3 is 14.3 Å². The van der Waals surface area contributed by atoms with Crippen molar-refractivity contribution in [2.24, 2.45) is 5.16 Å². The first-order valence-electron chi connectivity index (χ1n) is 9.47. The lowest BCUT2D eigenvalue weighted by molar-refractivity contribution is 0.132. The molecule has 0 unspecified atom stereocenters. The minimum absolute atomic E-state index is 0.202. The molecular weight excluding hydrogens is 383 g/mol. The van der Waals surface area contributed by atoms with E-state index in [4.69, 9.17) is 19.6 Å². The number of oxime groups is 1. The Hall–Kier alpha value is -3.85. The Bertz CT molecular complexity index is 1060. The van der Waals surface area contributed by atoms with E-state index in [9.17, 15) is 4.39 Å². The van der Waals surface area contributed by atoms with Gasteiger partial charge in [0.15, 0.2) is 11.5 Å². The van der Waals surface area contributed by atoms with Crippen LogP contribution in [0, 0.1) is 17.1 Å². The molecule has 0 saturated carbocycles. The average Bonchev–Trinajstić information content (AvgIpc) is 2.76. The van der Waals surface area contributed by atoms with Gasteiger partial charge in [-0.2, -0.15) is 5.26 Å². The molecule has 30 heavy (non-hydrogen) atoms. The Morgan fingerprint density at radius 3 is 2.63 bits per heavy atom. The lowest BCUT2D eigenvalue weighted by atomic mass is 10.1. The van der Waals surface area contributed by atoms with E-state index in [0.717, 1.165) is 16.7 Å². The number of hydrogen-bond donors (Lipinski definition) is 0. The van der Waals surface area contributed by atoms with Crippen LogP contribution in [0.5, 0.6) is 11.5 Å². The van der Waals surface area contributed by atoms with Gasteiger partial charge in [0.05, 0.1) is 24.5 Å². The first-order chi connectivity index (χ1) is 14.7. The first kappa shape index (κ1) is 20.9. The van der Waals surface area contributed by atoms with Gasteiger partial charge in [0.1, 0.15) is 19.0 Å². The second-order valence-electron chi connectivity index (χ2n) is 6.33. The SMILES string of the molecule is CCOc1cc(/C=N\OCc2ccccc2C#N)ccc1OCc1cccc(F)c1. The molecule has 5 nitrogen and oxygen atoms in total. The highest BCUT2D eigenvalue weighted by Crippen LogP contribution is 2.29. The van der Waals surface area contributed by atoms with Crippen molar-refractivity contribution in [2.75, 3.05) is 6.61 Å². The van der Waals surface area contributed by atoms with Crippen LogP contribution in [0.15, 0.2) is 71.9 Å². The summed E-state index contributed by atoms with van der Waals surface area (Å²) in [5.41, 5.74) is 2.83. The second kappa shape index (κ2) is 10.6. The zero-order chi connectivity index (χ0) is 21.2. The lowest BCUT2D eigenvalue weighted by Gasteiger charge is -2.12. The minimum atomic E-state index is -0.301. The quantitative estimate of drug-likeness (QED) is 0.362. The van der Waals surface area contributed by atoms with Gasteiger partial charge in [0.2, 0.25) is 0 Å². The molecule has 0 heterocycles. The number of rotatable bonds is 9. The molecule has 6 heteroatoms. The van der Waals surface area contributed by atoms with Crippen LogP contribution < -0.4 is 9.47 Å². The van der Waals surface area contributed by atoms with Crippen molar-refractivity contribution >= 4 is 6.21 Å². The van der Waals surface area contributed by atoms with Crippen molar-refractivity contribution in [1.82, 2.24) is 0 Å². The van der Waals surface area contributed by atoms with Crippen molar-refractivity contribution in [2.45, 2.75) is 20.1 Å². The van der Waals surface area contributed by atoms with E-state index in [1.54, 1.807) is 42.6 Å². The molecule has 152 valence electrons. The Morgan fingerprint density at radius 2 is 1.83 bits per heavy atom. The summed E-state index contributed by atoms with van der Waals surface area (Å²) in [5, 5.41) is 13.1. The van der Waals surface area contributed by atoms with Crippen molar-refractivity contribution in [1.29, 1.82) is 5.26 Å². The lowest BCUT2D eigenvalue weighted by Crippen LogP contribution is -2.01. The third-order valence-corrected chi connectivity index (χ3v) is 4.19. The van der Waals surface area contributed by atoms with Crippen molar-refractivity contribution in [3.8, 4) is 17.6 Å². The van der Waals surface area contributed by atoms with Gasteiger partial charge in [0, 0.05) is 11.1 Å². The van der Waals surface area contributed by atoms with Crippen LogP contribution in [-0.2, 0) is 18.1 Å². The second-order valence-corrected chi connectivity index (χ2v) is 6.33. The van der Waals surface area contributed by atoms with Crippen LogP contribution in [0.4, 0.5) is 4.39 Å². The van der Waals surface area contributed by atoms with E-state index in [1.165, 1.54) is 12.1 Å². The molecule has 0 spiro atoms. The zero-order valence-corrected chi connectivity index (χ0v) is 16.5. The Balaban J connectivity index is 1.63. The molecule has 3 aromatic carbocycles. The summed E-state index contributed by atoms with van der Waals surface area (Å²) in [7, 11) is 0. The molecule has 0 radical (unpaired) electrons. The van der Waals surface area contributed by atoms with Gasteiger partial charge >= 0.3 is 0 Å². The molecule has 0 amide bonds. The molecule has 0 aromatic heterocycles. The number of nitriles is 1. The first-order valence-corrected chi connectivity index (χ1v) is 9.47. The number of halogens is 1. The van der Waals surface area contributed by atoms with Gasteiger partial charge in [-0.1, -0.05) is 35.5 Å². The molecule has 0 N–H and O–H groups in total. The van der Waals surface area contributed by atoms with Crippen LogP contribution in [0.1, 0.15) is 29.2 Å². The fraction of sp³-hybridized carbons (Fsp3) is 0.167. The molecule has 0 atom stereocenters. The fourth-order valence-electron chi connectivity index (χ4n) is 2.74. The van der Waals surface area contributed by atoms with Gasteiger partial charge in [-0.15, -0.1) is 0 Å². The van der Waals surface area contributed by atoms with Gasteiger partial charge in [-0.05, 0) is 48.9 Å². The van der Waals surface area contributed by atoms with Gasteiger partial charge in [-0.3, -0.25) is 0 Å². The van der Waals surface area contributed by atoms with E-state index < -0.39 is 0 Å². The van der Waals surface area contributed by atoms with E-state index in [0.29, 0.717) is 23.7 Å². The highest BCUT2D eigenvalue weighted by Gasteiger charge is 2.07. The molecule has 0 aliphatic carbocycles. The predicted octanol–water partition coefficient (Wildman–Crippen LogP) is 5.23. The maximum Gasteiger partial charge on any atom is 0.161 e. The molecule has 0 aliphatic rings. The fourth-order valence-corrected chi connectivity index (χ4v) is 2.74. The van der Waals surface area contributed by atoms with Crippen molar-refractivity contribution in [3.05, 3.63) is 94.8 Å². The Kier molecular flexibility index (Phi) is 7.39. The van der Waals surface area contributed by atoms with Gasteiger partial charge in [0.25, 0.3) is 0 Å². The predicted molar refractivity (Wildman–Crippen MR) is 112 cm³/mol. The van der Waals surface area contributed by atoms with Crippen LogP contribution in [0.25, 0.3) is 0 Å². The highest BCUT2D eigenvalue weighted by molar-refractivity contribution is 5.80. The molecule has 0 aliphatic heterocycles. The normalized spacial score (nSPS) is 10.6. The van der Waals surface area contributed by atoms with E-state index in [1.807, 2.05) is 25.1 Å². The number of hydrogen-bond acceptors (Lipinski definition) is 5. The summed E-state index contributed by atoms with van der Waals surface area (Å²) < 4.78 is 24.8. The summed E-state index contributed by atoms with van der Waals surface area (Å²) in [4.78, 5) is 5.32. The molecular formula is C24H21FN2O3. The average molecular weight is 404 g/mol. The summed E-state index contributed by atoms with van der Waals surface area (Å²) in [5.74, 6) is 0.819. The number of nitrogens with zero attached hydrogens (tertiary/aromatic N) is 2. The van der Waals surface area contributed by atoms with E-state index in [2.05, 4.69) is 11.2 Å². The van der Waals surface area contributed by atoms with Crippen molar-refractivity contribution < 1.29 is 18.7 Å². The molecule has 0 fully saturated rings. The highest BCUT2D eigenvalue weighted by atomic mass is 19.1. The third kappa shape index (κ3) is 5.82. The van der Waals surface area contributed by atoms with E-state index >= 15 is 0 Å². The van der Waals surface area contributed by atoms with Crippen LogP contribution >= 0.6 is 0 Å². The minimum Gasteiger partial charge on any atom is -0.490 e. The maximum absolute atomic E-state index is 13.3. The Morgan fingerprint density at radius 1 is 0.967 bits per heavy atom. The summed E-state index contributed by atoms with van der Waals surface area (Å²) >= 11 is 0. The molecule has 3 rings (SSSR count). The van der Waals surface area contributed by atoms with Crippen LogP contribution in [-0.4, -0.2) is 12.8 Å².